The molecule has 5 nitrogen and oxygen atoms in total. The minimum Gasteiger partial charge on any atom is -0.494 e. The van der Waals surface area contributed by atoms with Crippen LogP contribution in [0, 0.1) is 0 Å². The van der Waals surface area contributed by atoms with Crippen LogP contribution in [-0.2, 0) is 5.41 Å². The van der Waals surface area contributed by atoms with Gasteiger partial charge in [-0.2, -0.15) is 0 Å². The first-order chi connectivity index (χ1) is 11.3. The van der Waals surface area contributed by atoms with Crippen molar-refractivity contribution in [3.05, 3.63) is 34.3 Å². The van der Waals surface area contributed by atoms with E-state index in [-0.39, 0.29) is 11.3 Å². The van der Waals surface area contributed by atoms with Gasteiger partial charge in [-0.05, 0) is 26.0 Å². The summed E-state index contributed by atoms with van der Waals surface area (Å²) >= 11 is 1.41. The fourth-order valence-electron chi connectivity index (χ4n) is 2.05. The second kappa shape index (κ2) is 7.66. The Balaban J connectivity index is 2.23. The lowest BCUT2D eigenvalue weighted by Crippen LogP contribution is -2.12. The van der Waals surface area contributed by atoms with Gasteiger partial charge in [0, 0.05) is 11.5 Å². The lowest BCUT2D eigenvalue weighted by Gasteiger charge is -2.14. The highest BCUT2D eigenvalue weighted by molar-refractivity contribution is 7.13. The molecule has 1 aromatic carbocycles. The summed E-state index contributed by atoms with van der Waals surface area (Å²) in [6.07, 6.45) is 1.62. The molecule has 1 amide bonds. The van der Waals surface area contributed by atoms with Gasteiger partial charge in [0.05, 0.1) is 30.1 Å². The van der Waals surface area contributed by atoms with E-state index < -0.39 is 0 Å². The lowest BCUT2D eigenvalue weighted by atomic mass is 9.98. The molecule has 1 heterocycles. The Morgan fingerprint density at radius 2 is 1.92 bits per heavy atom. The summed E-state index contributed by atoms with van der Waals surface area (Å²) in [6.45, 7) is 11.1. The van der Waals surface area contributed by atoms with Crippen LogP contribution < -0.4 is 14.8 Å². The van der Waals surface area contributed by atoms with Crippen molar-refractivity contribution in [1.82, 2.24) is 4.98 Å². The van der Waals surface area contributed by atoms with E-state index in [1.54, 1.807) is 18.3 Å². The number of carbonyl (C=O) groups excluding carboxylic acids is 1. The standard InChI is InChI=1S/C18H24N2O3S/c1-6-22-12-8-9-14(23-7-2)13(10-12)20-16(21)15-11-19-17(24-15)18(3,4)5/h8-11H,6-7H2,1-5H3,(H,20,21). The maximum Gasteiger partial charge on any atom is 0.267 e. The smallest absolute Gasteiger partial charge is 0.267 e. The van der Waals surface area contributed by atoms with Crippen LogP contribution >= 0.6 is 11.3 Å². The lowest BCUT2D eigenvalue weighted by molar-refractivity contribution is 0.103. The molecule has 0 fully saturated rings. The van der Waals surface area contributed by atoms with E-state index in [1.165, 1.54) is 11.3 Å². The second-order valence-corrected chi connectivity index (χ2v) is 7.29. The quantitative estimate of drug-likeness (QED) is 0.835. The Kier molecular flexibility index (Phi) is 5.83. The van der Waals surface area contributed by atoms with E-state index in [9.17, 15) is 4.79 Å². The van der Waals surface area contributed by atoms with Crippen molar-refractivity contribution < 1.29 is 14.3 Å². The molecule has 2 rings (SSSR count). The van der Waals surface area contributed by atoms with Crippen LogP contribution in [0.1, 0.15) is 49.3 Å². The van der Waals surface area contributed by atoms with Crippen molar-refractivity contribution in [1.29, 1.82) is 0 Å². The summed E-state index contributed by atoms with van der Waals surface area (Å²) in [6, 6.07) is 5.41. The number of anilines is 1. The maximum atomic E-state index is 12.5. The molecule has 0 aliphatic carbocycles. The first-order valence-corrected chi connectivity index (χ1v) is 8.84. The molecular weight excluding hydrogens is 324 g/mol. The molecule has 0 saturated heterocycles. The number of rotatable bonds is 6. The number of benzene rings is 1. The summed E-state index contributed by atoms with van der Waals surface area (Å²) in [5.41, 5.74) is 0.521. The SMILES string of the molecule is CCOc1ccc(OCC)c(NC(=O)c2cnc(C(C)(C)C)s2)c1. The molecule has 130 valence electrons. The number of nitrogens with one attached hydrogen (secondary N) is 1. The predicted molar refractivity (Wildman–Crippen MR) is 97.5 cm³/mol. The van der Waals surface area contributed by atoms with E-state index in [2.05, 4.69) is 31.1 Å². The highest BCUT2D eigenvalue weighted by Crippen LogP contribution is 2.31. The zero-order valence-electron chi connectivity index (χ0n) is 14.8. The van der Waals surface area contributed by atoms with E-state index in [0.29, 0.717) is 35.3 Å². The van der Waals surface area contributed by atoms with Crippen LogP contribution in [0.25, 0.3) is 0 Å². The largest absolute Gasteiger partial charge is 0.494 e. The number of thiazole rings is 1. The van der Waals surface area contributed by atoms with Crippen molar-refractivity contribution in [2.45, 2.75) is 40.0 Å². The molecule has 0 unspecified atom stereocenters. The molecule has 0 aliphatic rings. The number of hydrogen-bond donors (Lipinski definition) is 1. The van der Waals surface area contributed by atoms with Gasteiger partial charge in [-0.3, -0.25) is 4.79 Å². The molecule has 0 saturated carbocycles. The zero-order chi connectivity index (χ0) is 17.7. The van der Waals surface area contributed by atoms with Crippen molar-refractivity contribution >= 4 is 22.9 Å². The van der Waals surface area contributed by atoms with Crippen molar-refractivity contribution in [2.75, 3.05) is 18.5 Å². The van der Waals surface area contributed by atoms with Crippen molar-refractivity contribution in [3.8, 4) is 11.5 Å². The minimum absolute atomic E-state index is 0.0748. The molecule has 1 N–H and O–H groups in total. The Hall–Kier alpha value is -2.08. The van der Waals surface area contributed by atoms with Crippen LogP contribution in [0.4, 0.5) is 5.69 Å². The third-order valence-electron chi connectivity index (χ3n) is 3.18. The summed E-state index contributed by atoms with van der Waals surface area (Å²) in [7, 11) is 0. The van der Waals surface area contributed by atoms with Gasteiger partial charge in [-0.25, -0.2) is 4.98 Å². The fraction of sp³-hybridized carbons (Fsp3) is 0.444. The van der Waals surface area contributed by atoms with E-state index >= 15 is 0 Å². The molecule has 6 heteroatoms. The Labute approximate surface area is 147 Å². The molecular formula is C18H24N2O3S. The monoisotopic (exact) mass is 348 g/mol. The predicted octanol–water partition coefficient (Wildman–Crippen LogP) is 4.49. The Morgan fingerprint density at radius 3 is 2.50 bits per heavy atom. The van der Waals surface area contributed by atoms with E-state index in [0.717, 1.165) is 5.01 Å². The van der Waals surface area contributed by atoms with E-state index in [1.807, 2.05) is 19.9 Å². The van der Waals surface area contributed by atoms with Gasteiger partial charge in [-0.15, -0.1) is 11.3 Å². The molecule has 2 aromatic rings. The molecule has 0 spiro atoms. The van der Waals surface area contributed by atoms with Gasteiger partial charge in [0.25, 0.3) is 5.91 Å². The molecule has 0 radical (unpaired) electrons. The second-order valence-electron chi connectivity index (χ2n) is 6.26. The summed E-state index contributed by atoms with van der Waals surface area (Å²) < 4.78 is 11.1. The third-order valence-corrected chi connectivity index (χ3v) is 4.60. The summed E-state index contributed by atoms with van der Waals surface area (Å²) in [5.74, 6) is 1.11. The Morgan fingerprint density at radius 1 is 1.21 bits per heavy atom. The van der Waals surface area contributed by atoms with Gasteiger partial charge < -0.3 is 14.8 Å². The molecule has 1 aromatic heterocycles. The summed E-state index contributed by atoms with van der Waals surface area (Å²) in [5, 5.41) is 3.83. The minimum atomic E-state index is -0.197. The molecule has 0 aliphatic heterocycles. The van der Waals surface area contributed by atoms with Crippen LogP contribution in [0.2, 0.25) is 0 Å². The number of aromatic nitrogens is 1. The van der Waals surface area contributed by atoms with Gasteiger partial charge in [-0.1, -0.05) is 20.8 Å². The fourth-order valence-corrected chi connectivity index (χ4v) is 2.92. The number of amides is 1. The highest BCUT2D eigenvalue weighted by atomic mass is 32.1. The zero-order valence-corrected chi connectivity index (χ0v) is 15.6. The number of carbonyl (C=O) groups is 1. The number of ether oxygens (including phenoxy) is 2. The van der Waals surface area contributed by atoms with Gasteiger partial charge >= 0.3 is 0 Å². The third kappa shape index (κ3) is 4.47. The number of hydrogen-bond acceptors (Lipinski definition) is 5. The average Bonchev–Trinajstić information content (AvgIpc) is 3.00. The summed E-state index contributed by atoms with van der Waals surface area (Å²) in [4.78, 5) is 17.5. The molecule has 0 bridgehead atoms. The van der Waals surface area contributed by atoms with Gasteiger partial charge in [0.15, 0.2) is 0 Å². The highest BCUT2D eigenvalue weighted by Gasteiger charge is 2.21. The van der Waals surface area contributed by atoms with E-state index in [4.69, 9.17) is 9.47 Å². The molecule has 0 atom stereocenters. The average molecular weight is 348 g/mol. The first-order valence-electron chi connectivity index (χ1n) is 8.02. The van der Waals surface area contributed by atoms with Crippen molar-refractivity contribution in [3.63, 3.8) is 0 Å². The first kappa shape index (κ1) is 18.3. The molecule has 24 heavy (non-hydrogen) atoms. The van der Waals surface area contributed by atoms with Gasteiger partial charge in [0.1, 0.15) is 16.4 Å². The van der Waals surface area contributed by atoms with Crippen LogP contribution in [0.3, 0.4) is 0 Å². The topological polar surface area (TPSA) is 60.5 Å². The Bertz CT molecular complexity index is 705. The maximum absolute atomic E-state index is 12.5. The van der Waals surface area contributed by atoms with Crippen LogP contribution in [0.5, 0.6) is 11.5 Å². The van der Waals surface area contributed by atoms with Crippen LogP contribution in [-0.4, -0.2) is 24.1 Å². The normalized spacial score (nSPS) is 11.2. The van der Waals surface area contributed by atoms with Crippen molar-refractivity contribution in [2.24, 2.45) is 0 Å². The van der Waals surface area contributed by atoms with Gasteiger partial charge in [0.2, 0.25) is 0 Å². The van der Waals surface area contributed by atoms with Crippen LogP contribution in [0.15, 0.2) is 24.4 Å². The number of nitrogens with zero attached hydrogens (tertiary/aromatic N) is 1.